The van der Waals surface area contributed by atoms with E-state index in [1.807, 2.05) is 12.1 Å². The molecule has 1 amide bonds. The summed E-state index contributed by atoms with van der Waals surface area (Å²) in [6.45, 7) is 1.54. The predicted octanol–water partition coefficient (Wildman–Crippen LogP) is 1.97. The topological polar surface area (TPSA) is 83.5 Å². The molecule has 118 valence electrons. The first kappa shape index (κ1) is 16.9. The molecule has 2 N–H and O–H groups in total. The van der Waals surface area contributed by atoms with Crippen molar-refractivity contribution >= 4 is 42.8 Å². The fourth-order valence-electron chi connectivity index (χ4n) is 1.85. The Bertz CT molecular complexity index is 741. The summed E-state index contributed by atoms with van der Waals surface area (Å²) in [5, 5.41) is 12.1. The van der Waals surface area contributed by atoms with Gasteiger partial charge in [0.2, 0.25) is 0 Å². The molecule has 0 bridgehead atoms. The molecule has 0 saturated heterocycles. The van der Waals surface area contributed by atoms with Crippen LogP contribution in [0.15, 0.2) is 48.5 Å². The van der Waals surface area contributed by atoms with Gasteiger partial charge in [-0.2, -0.15) is 0 Å². The Kier molecular flexibility index (Phi) is 5.68. The monoisotopic (exact) mass is 377 g/mol. The van der Waals surface area contributed by atoms with Gasteiger partial charge in [0.15, 0.2) is 0 Å². The molecule has 0 saturated carbocycles. The molecule has 2 aromatic rings. The summed E-state index contributed by atoms with van der Waals surface area (Å²) in [4.78, 5) is 34.4. The molecular weight excluding hydrogens is 361 g/mol. The van der Waals surface area contributed by atoms with Gasteiger partial charge in [0.25, 0.3) is 0 Å². The van der Waals surface area contributed by atoms with Crippen LogP contribution in [0.1, 0.15) is 27.6 Å². The maximum absolute atomic E-state index is 12.4. The molecule has 2 aromatic carbocycles. The molecule has 0 atom stereocenters. The van der Waals surface area contributed by atoms with E-state index in [9.17, 15) is 14.4 Å². The van der Waals surface area contributed by atoms with E-state index >= 15 is 0 Å². The van der Waals surface area contributed by atoms with E-state index in [0.717, 1.165) is 4.46 Å². The van der Waals surface area contributed by atoms with Gasteiger partial charge in [0.05, 0.1) is 0 Å². The molecule has 23 heavy (non-hydrogen) atoms. The molecule has 0 aliphatic carbocycles. The van der Waals surface area contributed by atoms with Crippen molar-refractivity contribution in [1.29, 1.82) is 0 Å². The third-order valence-electron chi connectivity index (χ3n) is 2.95. The van der Waals surface area contributed by atoms with E-state index in [1.165, 1.54) is 19.1 Å². The summed E-state index contributed by atoms with van der Waals surface area (Å²) in [5.74, 6) is -1.18. The number of hydrogen-bond donors (Lipinski definition) is 2. The van der Waals surface area contributed by atoms with Gasteiger partial charge in [-0.05, 0) is 0 Å². The first-order valence-electron chi connectivity index (χ1n) is 6.83. The minimum absolute atomic E-state index is 0.0903. The predicted molar refractivity (Wildman–Crippen MR) is 88.7 cm³/mol. The summed E-state index contributed by atoms with van der Waals surface area (Å²) in [7, 11) is 0. The van der Waals surface area contributed by atoms with Crippen LogP contribution in [0, 0.1) is 0 Å². The Hall–Kier alpha value is -2.43. The van der Waals surface area contributed by atoms with E-state index in [0.29, 0.717) is 16.6 Å². The van der Waals surface area contributed by atoms with Gasteiger partial charge in [-0.25, -0.2) is 0 Å². The van der Waals surface area contributed by atoms with Crippen molar-refractivity contribution in [1.82, 2.24) is 0 Å². The molecule has 0 spiro atoms. The Morgan fingerprint density at radius 2 is 1.70 bits per heavy atom. The van der Waals surface area contributed by atoms with Gasteiger partial charge < -0.3 is 0 Å². The number of benzene rings is 2. The molecule has 0 aromatic heterocycles. The average molecular weight is 376 g/mol. The molecule has 5 nitrogen and oxygen atoms in total. The fraction of sp³-hybridized carbons (Fsp3) is 0.118. The average Bonchev–Trinajstić information content (AvgIpc) is 2.53. The van der Waals surface area contributed by atoms with Crippen LogP contribution in [-0.4, -0.2) is 37.7 Å². The molecule has 6 heteroatoms. The number of carboxylic acids is 1. The number of nitrogens with one attached hydrogen (secondary N) is 1. The molecule has 0 unspecified atom stereocenters. The van der Waals surface area contributed by atoms with Gasteiger partial charge in [-0.3, -0.25) is 0 Å². The standard InChI is InChI=1S/C17H15NO4Se/c1-11(19)10-23-15-5-3-2-4-14(15)16(20)18-13-8-6-12(7-9-13)17(21)22/h2-9H,10H2,1H3,(H,18,20)(H,21,22). The molecular formula is C17H15NO4Se. The first-order chi connectivity index (χ1) is 11.0. The van der Waals surface area contributed by atoms with E-state index < -0.39 is 5.97 Å². The second-order valence-corrected chi connectivity index (χ2v) is 6.96. The Balaban J connectivity index is 2.14. The van der Waals surface area contributed by atoms with Crippen molar-refractivity contribution in [3.63, 3.8) is 0 Å². The second-order valence-electron chi connectivity index (χ2n) is 4.82. The van der Waals surface area contributed by atoms with E-state index in [4.69, 9.17) is 5.11 Å². The molecule has 0 aliphatic heterocycles. The van der Waals surface area contributed by atoms with Crippen LogP contribution >= 0.6 is 0 Å². The van der Waals surface area contributed by atoms with Crippen LogP contribution in [0.5, 0.6) is 0 Å². The van der Waals surface area contributed by atoms with Crippen LogP contribution in [0.4, 0.5) is 5.69 Å². The summed E-state index contributed by atoms with van der Waals surface area (Å²) in [6.07, 6.45) is 0. The molecule has 0 heterocycles. The van der Waals surface area contributed by atoms with E-state index in [1.54, 1.807) is 24.3 Å². The quantitative estimate of drug-likeness (QED) is 0.756. The number of hydrogen-bond acceptors (Lipinski definition) is 3. The van der Waals surface area contributed by atoms with Crippen molar-refractivity contribution in [2.45, 2.75) is 12.2 Å². The molecule has 0 aliphatic rings. The van der Waals surface area contributed by atoms with Crippen molar-refractivity contribution in [2.75, 3.05) is 5.32 Å². The number of ketones is 1. The maximum atomic E-state index is 12.4. The van der Waals surface area contributed by atoms with Gasteiger partial charge >= 0.3 is 139 Å². The van der Waals surface area contributed by atoms with Crippen LogP contribution in [0.2, 0.25) is 5.32 Å². The Morgan fingerprint density at radius 3 is 2.30 bits per heavy atom. The minimum atomic E-state index is -1.01. The second kappa shape index (κ2) is 7.72. The fourth-order valence-corrected chi connectivity index (χ4v) is 3.64. The van der Waals surface area contributed by atoms with Crippen molar-refractivity contribution < 1.29 is 19.5 Å². The summed E-state index contributed by atoms with van der Waals surface area (Å²) >= 11 is -0.0903. The number of Topliss-reactive ketones (excluding diaryl/α,β-unsaturated/α-hetero) is 1. The summed E-state index contributed by atoms with van der Waals surface area (Å²) < 4.78 is 0.870. The summed E-state index contributed by atoms with van der Waals surface area (Å²) in [6, 6.07) is 13.2. The van der Waals surface area contributed by atoms with E-state index in [-0.39, 0.29) is 32.2 Å². The zero-order valence-corrected chi connectivity index (χ0v) is 14.1. The van der Waals surface area contributed by atoms with Gasteiger partial charge in [-0.15, -0.1) is 0 Å². The van der Waals surface area contributed by atoms with E-state index in [2.05, 4.69) is 5.32 Å². The van der Waals surface area contributed by atoms with Crippen LogP contribution in [0.25, 0.3) is 0 Å². The van der Waals surface area contributed by atoms with Crippen molar-refractivity contribution in [2.24, 2.45) is 0 Å². The number of aromatic carboxylic acids is 1. The van der Waals surface area contributed by atoms with Crippen LogP contribution in [-0.2, 0) is 4.79 Å². The number of carbonyl (C=O) groups excluding carboxylic acids is 2. The first-order valence-corrected chi connectivity index (χ1v) is 8.90. The molecule has 0 fully saturated rings. The molecule has 0 radical (unpaired) electrons. The van der Waals surface area contributed by atoms with Gasteiger partial charge in [0, 0.05) is 0 Å². The number of carbonyl (C=O) groups is 3. The van der Waals surface area contributed by atoms with Gasteiger partial charge in [-0.1, -0.05) is 0 Å². The van der Waals surface area contributed by atoms with Crippen LogP contribution in [0.3, 0.4) is 0 Å². The SMILES string of the molecule is CC(=O)C[Se]c1ccccc1C(=O)Nc1ccc(C(=O)O)cc1. The molecule has 2 rings (SSSR count). The zero-order valence-electron chi connectivity index (χ0n) is 12.4. The Morgan fingerprint density at radius 1 is 1.04 bits per heavy atom. The van der Waals surface area contributed by atoms with Crippen molar-refractivity contribution in [3.8, 4) is 0 Å². The van der Waals surface area contributed by atoms with Crippen molar-refractivity contribution in [3.05, 3.63) is 59.7 Å². The third-order valence-corrected chi connectivity index (χ3v) is 5.51. The number of carboxylic acid groups (broad SMARTS) is 1. The van der Waals surface area contributed by atoms with Crippen LogP contribution < -0.4 is 9.78 Å². The third kappa shape index (κ3) is 4.77. The number of rotatable bonds is 6. The zero-order chi connectivity index (χ0) is 16.8. The summed E-state index contributed by atoms with van der Waals surface area (Å²) in [5.41, 5.74) is 1.22. The Labute approximate surface area is 139 Å². The number of amides is 1. The van der Waals surface area contributed by atoms with Gasteiger partial charge in [0.1, 0.15) is 0 Å². The normalized spacial score (nSPS) is 10.1. The number of anilines is 1.